The molecule has 0 bridgehead atoms. The van der Waals surface area contributed by atoms with E-state index in [1.807, 2.05) is 30.3 Å². The number of halogens is 3. The Bertz CT molecular complexity index is 1130. The Hall–Kier alpha value is -3.33. The average molecular weight is 434 g/mol. The predicted octanol–water partition coefficient (Wildman–Crippen LogP) is 4.05. The van der Waals surface area contributed by atoms with Crippen LogP contribution in [0, 0.1) is 0 Å². The Morgan fingerprint density at radius 2 is 1.37 bits per heavy atom. The van der Waals surface area contributed by atoms with E-state index in [0.717, 1.165) is 35.4 Å². The normalized spacial score (nSPS) is 11.8. The molecule has 5 nitrogen and oxygen atoms in total. The number of hydrogen-bond donors (Lipinski definition) is 1. The second-order valence-corrected chi connectivity index (χ2v) is 8.28. The SMILES string of the molecule is NC(=O)CN(c1ccc(C(F)(F)F)cc1)S(=O)(=O)c1ccc(-c2ccccc2)cc1. The van der Waals surface area contributed by atoms with E-state index in [1.54, 1.807) is 12.1 Å². The van der Waals surface area contributed by atoms with Crippen molar-refractivity contribution in [3.63, 3.8) is 0 Å². The maximum atomic E-state index is 13.1. The lowest BCUT2D eigenvalue weighted by Gasteiger charge is -2.23. The molecule has 0 fully saturated rings. The molecule has 0 heterocycles. The lowest BCUT2D eigenvalue weighted by atomic mass is 10.1. The summed E-state index contributed by atoms with van der Waals surface area (Å²) in [6.07, 6.45) is -4.57. The van der Waals surface area contributed by atoms with Gasteiger partial charge in [-0.05, 0) is 47.5 Å². The third-order valence-electron chi connectivity index (χ3n) is 4.33. The zero-order valence-electron chi connectivity index (χ0n) is 15.5. The summed E-state index contributed by atoms with van der Waals surface area (Å²) in [6, 6.07) is 18.7. The second kappa shape index (κ2) is 8.19. The lowest BCUT2D eigenvalue weighted by Crippen LogP contribution is -2.38. The third kappa shape index (κ3) is 4.62. The zero-order chi connectivity index (χ0) is 21.9. The maximum Gasteiger partial charge on any atom is 0.416 e. The molecule has 9 heteroatoms. The third-order valence-corrected chi connectivity index (χ3v) is 6.12. The van der Waals surface area contributed by atoms with Gasteiger partial charge in [0.25, 0.3) is 10.0 Å². The average Bonchev–Trinajstić information content (AvgIpc) is 2.72. The van der Waals surface area contributed by atoms with Crippen molar-refractivity contribution in [3.8, 4) is 11.1 Å². The highest BCUT2D eigenvalue weighted by Gasteiger charge is 2.31. The van der Waals surface area contributed by atoms with Gasteiger partial charge in [-0.1, -0.05) is 42.5 Å². The van der Waals surface area contributed by atoms with Crippen molar-refractivity contribution in [2.24, 2.45) is 5.73 Å². The summed E-state index contributed by atoms with van der Waals surface area (Å²) in [5.74, 6) is -0.945. The van der Waals surface area contributed by atoms with Crippen LogP contribution in [0.2, 0.25) is 0 Å². The van der Waals surface area contributed by atoms with Crippen LogP contribution >= 0.6 is 0 Å². The Morgan fingerprint density at radius 3 is 1.87 bits per heavy atom. The van der Waals surface area contributed by atoms with Crippen LogP contribution < -0.4 is 10.0 Å². The van der Waals surface area contributed by atoms with Crippen LogP contribution in [-0.4, -0.2) is 20.9 Å². The van der Waals surface area contributed by atoms with Gasteiger partial charge in [-0.3, -0.25) is 9.10 Å². The monoisotopic (exact) mass is 434 g/mol. The highest BCUT2D eigenvalue weighted by Crippen LogP contribution is 2.32. The first-order valence-corrected chi connectivity index (χ1v) is 10.2. The van der Waals surface area contributed by atoms with Crippen molar-refractivity contribution in [2.75, 3.05) is 10.8 Å². The smallest absolute Gasteiger partial charge is 0.368 e. The van der Waals surface area contributed by atoms with Crippen molar-refractivity contribution in [3.05, 3.63) is 84.4 Å². The molecule has 0 aliphatic rings. The zero-order valence-corrected chi connectivity index (χ0v) is 16.3. The maximum absolute atomic E-state index is 13.1. The van der Waals surface area contributed by atoms with E-state index in [9.17, 15) is 26.4 Å². The van der Waals surface area contributed by atoms with Gasteiger partial charge in [0.1, 0.15) is 6.54 Å². The number of carbonyl (C=O) groups excluding carboxylic acids is 1. The topological polar surface area (TPSA) is 80.5 Å². The van der Waals surface area contributed by atoms with Gasteiger partial charge in [0.05, 0.1) is 16.1 Å². The van der Waals surface area contributed by atoms with Crippen LogP contribution in [0.1, 0.15) is 5.56 Å². The van der Waals surface area contributed by atoms with Crippen LogP contribution in [0.15, 0.2) is 83.8 Å². The summed E-state index contributed by atoms with van der Waals surface area (Å²) < 4.78 is 65.3. The van der Waals surface area contributed by atoms with E-state index in [4.69, 9.17) is 5.73 Å². The second-order valence-electron chi connectivity index (χ2n) is 6.41. The summed E-state index contributed by atoms with van der Waals surface area (Å²) in [4.78, 5) is 11.3. The minimum Gasteiger partial charge on any atom is -0.368 e. The molecule has 3 aromatic rings. The first-order valence-electron chi connectivity index (χ1n) is 8.73. The highest BCUT2D eigenvalue weighted by atomic mass is 32.2. The number of carbonyl (C=O) groups is 1. The number of anilines is 1. The fourth-order valence-electron chi connectivity index (χ4n) is 2.85. The molecule has 0 aromatic heterocycles. The molecule has 3 rings (SSSR count). The molecule has 0 aliphatic heterocycles. The molecule has 0 saturated carbocycles. The molecular formula is C21H17F3N2O3S. The molecule has 0 saturated heterocycles. The number of rotatable bonds is 6. The lowest BCUT2D eigenvalue weighted by molar-refractivity contribution is -0.137. The van der Waals surface area contributed by atoms with Gasteiger partial charge in [0, 0.05) is 0 Å². The molecule has 0 unspecified atom stereocenters. The highest BCUT2D eigenvalue weighted by molar-refractivity contribution is 7.92. The van der Waals surface area contributed by atoms with Crippen LogP contribution in [0.3, 0.4) is 0 Å². The summed E-state index contributed by atoms with van der Waals surface area (Å²) in [6.45, 7) is -0.714. The molecule has 0 aliphatic carbocycles. The number of nitrogens with two attached hydrogens (primary N) is 1. The van der Waals surface area contributed by atoms with E-state index in [2.05, 4.69) is 0 Å². The van der Waals surface area contributed by atoms with Gasteiger partial charge in [-0.15, -0.1) is 0 Å². The number of benzene rings is 3. The number of amides is 1. The number of nitrogens with zero attached hydrogens (tertiary/aromatic N) is 1. The number of hydrogen-bond acceptors (Lipinski definition) is 3. The van der Waals surface area contributed by atoms with Gasteiger partial charge in [-0.25, -0.2) is 8.42 Å². The molecule has 3 aromatic carbocycles. The van der Waals surface area contributed by atoms with Crippen molar-refractivity contribution in [2.45, 2.75) is 11.1 Å². The fraction of sp³-hybridized carbons (Fsp3) is 0.0952. The first kappa shape index (κ1) is 21.4. The number of alkyl halides is 3. The van der Waals surface area contributed by atoms with Crippen molar-refractivity contribution in [1.29, 1.82) is 0 Å². The predicted molar refractivity (Wildman–Crippen MR) is 107 cm³/mol. The van der Waals surface area contributed by atoms with Crippen LogP contribution in [0.25, 0.3) is 11.1 Å². The summed E-state index contributed by atoms with van der Waals surface area (Å²) >= 11 is 0. The molecular weight excluding hydrogens is 417 g/mol. The Balaban J connectivity index is 1.98. The van der Waals surface area contributed by atoms with Gasteiger partial charge in [-0.2, -0.15) is 13.2 Å². The van der Waals surface area contributed by atoms with Gasteiger partial charge >= 0.3 is 6.18 Å². The van der Waals surface area contributed by atoms with E-state index in [0.29, 0.717) is 4.31 Å². The van der Waals surface area contributed by atoms with Gasteiger partial charge < -0.3 is 5.73 Å². The Kier molecular flexibility index (Phi) is 5.84. The van der Waals surface area contributed by atoms with Crippen molar-refractivity contribution >= 4 is 21.6 Å². The standard InChI is InChI=1S/C21H17F3N2O3S/c22-21(23,24)17-8-10-18(11-9-17)26(14-20(25)27)30(28,29)19-12-6-16(7-13-19)15-4-2-1-3-5-15/h1-13H,14H2,(H2,25,27). The van der Waals surface area contributed by atoms with E-state index in [1.165, 1.54) is 12.1 Å². The van der Waals surface area contributed by atoms with Crippen molar-refractivity contribution in [1.82, 2.24) is 0 Å². The van der Waals surface area contributed by atoms with E-state index >= 15 is 0 Å². The molecule has 0 spiro atoms. The molecule has 30 heavy (non-hydrogen) atoms. The summed E-state index contributed by atoms with van der Waals surface area (Å²) in [7, 11) is -4.25. The Labute approximate surface area is 171 Å². The molecule has 2 N–H and O–H groups in total. The summed E-state index contributed by atoms with van der Waals surface area (Å²) in [5.41, 5.74) is 5.81. The first-order chi connectivity index (χ1) is 14.1. The molecule has 156 valence electrons. The van der Waals surface area contributed by atoms with Gasteiger partial charge in [0.2, 0.25) is 5.91 Å². The minimum atomic E-state index is -4.57. The van der Waals surface area contributed by atoms with Gasteiger partial charge in [0.15, 0.2) is 0 Å². The molecule has 1 amide bonds. The largest absolute Gasteiger partial charge is 0.416 e. The number of sulfonamides is 1. The molecule has 0 radical (unpaired) electrons. The van der Waals surface area contributed by atoms with E-state index < -0.39 is 34.2 Å². The number of primary amides is 1. The summed E-state index contributed by atoms with van der Waals surface area (Å²) in [5, 5.41) is 0. The molecule has 0 atom stereocenters. The van der Waals surface area contributed by atoms with E-state index in [-0.39, 0.29) is 10.6 Å². The Morgan fingerprint density at radius 1 is 0.833 bits per heavy atom. The minimum absolute atomic E-state index is 0.103. The quantitative estimate of drug-likeness (QED) is 0.636. The van der Waals surface area contributed by atoms with Crippen molar-refractivity contribution < 1.29 is 26.4 Å². The van der Waals surface area contributed by atoms with Crippen LogP contribution in [0.5, 0.6) is 0 Å². The fourth-order valence-corrected chi connectivity index (χ4v) is 4.28. The van der Waals surface area contributed by atoms with Crippen LogP contribution in [0.4, 0.5) is 18.9 Å². The van der Waals surface area contributed by atoms with Crippen LogP contribution in [-0.2, 0) is 21.0 Å².